The van der Waals surface area contributed by atoms with Gasteiger partial charge in [0.25, 0.3) is 0 Å². The molecular formula is C12H16N2O. The minimum Gasteiger partial charge on any atom is -0.379 e. The number of ether oxygens (including phenoxy) is 1. The average Bonchev–Trinajstić information content (AvgIpc) is 2.87. The van der Waals surface area contributed by atoms with E-state index in [1.54, 1.807) is 0 Å². The summed E-state index contributed by atoms with van der Waals surface area (Å²) in [6.45, 7) is 1.72. The second-order valence-electron chi connectivity index (χ2n) is 4.39. The highest BCUT2D eigenvalue weighted by Crippen LogP contribution is 2.23. The number of aryl methyl sites for hydroxylation is 2. The topological polar surface area (TPSA) is 34.2 Å². The van der Waals surface area contributed by atoms with Crippen molar-refractivity contribution in [2.75, 3.05) is 18.5 Å². The molecule has 1 N–H and O–H groups in total. The molecule has 1 aromatic rings. The van der Waals surface area contributed by atoms with E-state index in [0.717, 1.165) is 31.7 Å². The average molecular weight is 204 g/mol. The Kier molecular flexibility index (Phi) is 2.33. The van der Waals surface area contributed by atoms with Gasteiger partial charge in [-0.1, -0.05) is 0 Å². The van der Waals surface area contributed by atoms with E-state index in [1.165, 1.54) is 24.1 Å². The number of aromatic nitrogens is 1. The first-order valence-corrected chi connectivity index (χ1v) is 5.74. The molecule has 1 aliphatic heterocycles. The van der Waals surface area contributed by atoms with Gasteiger partial charge < -0.3 is 10.1 Å². The zero-order valence-electron chi connectivity index (χ0n) is 8.83. The number of nitrogens with one attached hydrogen (secondary N) is 1. The molecule has 15 heavy (non-hydrogen) atoms. The van der Waals surface area contributed by atoms with Crippen molar-refractivity contribution < 1.29 is 4.74 Å². The predicted octanol–water partition coefficient (Wildman–Crippen LogP) is 1.77. The van der Waals surface area contributed by atoms with Crippen molar-refractivity contribution in [3.63, 3.8) is 0 Å². The number of rotatable bonds is 2. The lowest BCUT2D eigenvalue weighted by Crippen LogP contribution is -2.19. The van der Waals surface area contributed by atoms with E-state index in [4.69, 9.17) is 4.74 Å². The maximum Gasteiger partial charge on any atom is 0.0668 e. The number of hydrogen-bond donors (Lipinski definition) is 1. The van der Waals surface area contributed by atoms with Gasteiger partial charge in [0, 0.05) is 12.3 Å². The van der Waals surface area contributed by atoms with Crippen molar-refractivity contribution in [1.82, 2.24) is 4.98 Å². The molecule has 0 spiro atoms. The van der Waals surface area contributed by atoms with Crippen molar-refractivity contribution in [1.29, 1.82) is 0 Å². The van der Waals surface area contributed by atoms with Crippen LogP contribution in [0.2, 0.25) is 0 Å². The maximum absolute atomic E-state index is 5.34. The molecule has 1 unspecified atom stereocenters. The third-order valence-corrected chi connectivity index (χ3v) is 3.22. The first kappa shape index (κ1) is 9.16. The monoisotopic (exact) mass is 204 g/mol. The van der Waals surface area contributed by atoms with Gasteiger partial charge >= 0.3 is 0 Å². The Bertz CT molecular complexity index is 359. The highest BCUT2D eigenvalue weighted by atomic mass is 16.5. The third kappa shape index (κ3) is 1.84. The van der Waals surface area contributed by atoms with Gasteiger partial charge in [0.1, 0.15) is 0 Å². The molecule has 2 aliphatic rings. The second kappa shape index (κ2) is 3.81. The fourth-order valence-electron chi connectivity index (χ4n) is 2.39. The quantitative estimate of drug-likeness (QED) is 0.797. The van der Waals surface area contributed by atoms with Crippen LogP contribution >= 0.6 is 0 Å². The largest absolute Gasteiger partial charge is 0.379 e. The molecule has 0 amide bonds. The van der Waals surface area contributed by atoms with Crippen LogP contribution in [0.15, 0.2) is 12.3 Å². The van der Waals surface area contributed by atoms with Gasteiger partial charge in [0.15, 0.2) is 0 Å². The minimum absolute atomic E-state index is 0.478. The van der Waals surface area contributed by atoms with Crippen LogP contribution < -0.4 is 5.32 Å². The Labute approximate surface area is 89.9 Å². The fraction of sp³-hybridized carbons (Fsp3) is 0.583. The van der Waals surface area contributed by atoms with Gasteiger partial charge in [-0.05, 0) is 37.3 Å². The van der Waals surface area contributed by atoms with Crippen LogP contribution in [0.5, 0.6) is 0 Å². The van der Waals surface area contributed by atoms with Crippen LogP contribution in [0.25, 0.3) is 0 Å². The summed E-state index contributed by atoms with van der Waals surface area (Å²) in [6, 6.07) is 2.74. The molecule has 0 radical (unpaired) electrons. The first-order valence-electron chi connectivity index (χ1n) is 5.74. The van der Waals surface area contributed by atoms with Crippen molar-refractivity contribution in [3.8, 4) is 0 Å². The summed E-state index contributed by atoms with van der Waals surface area (Å²) in [5, 5.41) is 3.48. The maximum atomic E-state index is 5.34. The first-order chi connectivity index (χ1) is 7.42. The number of fused-ring (bicyclic) bond motifs is 1. The molecule has 3 rings (SSSR count). The van der Waals surface area contributed by atoms with Crippen LogP contribution in [0.4, 0.5) is 5.69 Å². The zero-order valence-corrected chi connectivity index (χ0v) is 8.83. The molecule has 1 saturated heterocycles. The standard InChI is InChI=1S/C12H16N2O/c1-2-9-6-11(7-13-12(9)3-1)14-10-4-5-15-8-10/h6-7,10,14H,1-5,8H2. The molecule has 3 heteroatoms. The van der Waals surface area contributed by atoms with Crippen LogP contribution in [0.3, 0.4) is 0 Å². The molecular weight excluding hydrogens is 188 g/mol. The summed E-state index contributed by atoms with van der Waals surface area (Å²) in [5.41, 5.74) is 3.88. The minimum atomic E-state index is 0.478. The van der Waals surface area contributed by atoms with Gasteiger partial charge in [-0.2, -0.15) is 0 Å². The van der Waals surface area contributed by atoms with E-state index in [-0.39, 0.29) is 0 Å². The predicted molar refractivity (Wildman–Crippen MR) is 59.1 cm³/mol. The fourth-order valence-corrected chi connectivity index (χ4v) is 2.39. The van der Waals surface area contributed by atoms with Crippen molar-refractivity contribution in [2.45, 2.75) is 31.7 Å². The number of anilines is 1. The summed E-state index contributed by atoms with van der Waals surface area (Å²) in [5.74, 6) is 0. The van der Waals surface area contributed by atoms with E-state index >= 15 is 0 Å². The smallest absolute Gasteiger partial charge is 0.0668 e. The molecule has 0 aromatic carbocycles. The lowest BCUT2D eigenvalue weighted by Gasteiger charge is -2.12. The highest BCUT2D eigenvalue weighted by molar-refractivity contribution is 5.47. The molecule has 1 aromatic heterocycles. The van der Waals surface area contributed by atoms with Crippen LogP contribution in [0.1, 0.15) is 24.1 Å². The Balaban J connectivity index is 1.75. The van der Waals surface area contributed by atoms with Gasteiger partial charge in [-0.25, -0.2) is 0 Å². The van der Waals surface area contributed by atoms with Gasteiger partial charge in [0.05, 0.1) is 24.5 Å². The molecule has 1 aliphatic carbocycles. The molecule has 1 fully saturated rings. The van der Waals surface area contributed by atoms with E-state index in [9.17, 15) is 0 Å². The normalized spacial score (nSPS) is 24.1. The van der Waals surface area contributed by atoms with Gasteiger partial charge in [0.2, 0.25) is 0 Å². The summed E-state index contributed by atoms with van der Waals surface area (Å²) < 4.78 is 5.34. The van der Waals surface area contributed by atoms with Crippen LogP contribution in [-0.2, 0) is 17.6 Å². The summed E-state index contributed by atoms with van der Waals surface area (Å²) in [7, 11) is 0. The number of nitrogens with zero attached hydrogens (tertiary/aromatic N) is 1. The Morgan fingerprint density at radius 1 is 1.40 bits per heavy atom. The lowest BCUT2D eigenvalue weighted by atomic mass is 10.2. The van der Waals surface area contributed by atoms with Crippen molar-refractivity contribution in [3.05, 3.63) is 23.5 Å². The van der Waals surface area contributed by atoms with E-state index in [0.29, 0.717) is 6.04 Å². The van der Waals surface area contributed by atoms with Crippen molar-refractivity contribution in [2.24, 2.45) is 0 Å². The van der Waals surface area contributed by atoms with Gasteiger partial charge in [-0.15, -0.1) is 0 Å². The van der Waals surface area contributed by atoms with Gasteiger partial charge in [-0.3, -0.25) is 4.98 Å². The molecule has 1 atom stereocenters. The second-order valence-corrected chi connectivity index (χ2v) is 4.39. The van der Waals surface area contributed by atoms with Crippen LogP contribution in [-0.4, -0.2) is 24.2 Å². The summed E-state index contributed by atoms with van der Waals surface area (Å²) >= 11 is 0. The van der Waals surface area contributed by atoms with Crippen molar-refractivity contribution >= 4 is 5.69 Å². The zero-order chi connectivity index (χ0) is 10.1. The van der Waals surface area contributed by atoms with E-state index < -0.39 is 0 Å². The number of hydrogen-bond acceptors (Lipinski definition) is 3. The highest BCUT2D eigenvalue weighted by Gasteiger charge is 2.17. The summed E-state index contributed by atoms with van der Waals surface area (Å²) in [6.07, 6.45) is 6.68. The molecule has 2 heterocycles. The Morgan fingerprint density at radius 2 is 2.40 bits per heavy atom. The Hall–Kier alpha value is -1.09. The SMILES string of the molecule is c1nc2c(cc1NC1CCOC1)CCC2. The van der Waals surface area contributed by atoms with Crippen LogP contribution in [0, 0.1) is 0 Å². The molecule has 0 saturated carbocycles. The molecule has 0 bridgehead atoms. The van der Waals surface area contributed by atoms with E-state index in [2.05, 4.69) is 16.4 Å². The summed E-state index contributed by atoms with van der Waals surface area (Å²) in [4.78, 5) is 4.50. The lowest BCUT2D eigenvalue weighted by molar-refractivity contribution is 0.195. The molecule has 80 valence electrons. The molecule has 3 nitrogen and oxygen atoms in total. The third-order valence-electron chi connectivity index (χ3n) is 3.22. The Morgan fingerprint density at radius 3 is 3.27 bits per heavy atom. The van der Waals surface area contributed by atoms with E-state index in [1.807, 2.05) is 6.20 Å². The number of pyridine rings is 1.